The zero-order valence-corrected chi connectivity index (χ0v) is 22.5. The van der Waals surface area contributed by atoms with Gasteiger partial charge in [-0.15, -0.1) is 0 Å². The van der Waals surface area contributed by atoms with Gasteiger partial charge in [-0.1, -0.05) is 6.07 Å². The average molecular weight is 545 g/mol. The number of nitrogens with two attached hydrogens (primary N) is 1. The highest BCUT2D eigenvalue weighted by Gasteiger charge is 2.32. The minimum absolute atomic E-state index is 0.00970. The molecule has 0 radical (unpaired) electrons. The molecule has 11 heteroatoms. The van der Waals surface area contributed by atoms with Crippen molar-refractivity contribution in [3.63, 3.8) is 0 Å². The van der Waals surface area contributed by atoms with E-state index in [1.165, 1.54) is 16.7 Å². The summed E-state index contributed by atoms with van der Waals surface area (Å²) in [5.41, 5.74) is 8.31. The number of aryl methyl sites for hydroxylation is 1. The van der Waals surface area contributed by atoms with Crippen LogP contribution >= 0.6 is 0 Å². The van der Waals surface area contributed by atoms with Crippen LogP contribution in [0.15, 0.2) is 53.6 Å². The Kier molecular flexibility index (Phi) is 7.05. The standard InChI is InChI=1S/C29H33FN8O2/c1-19-3-2-4-26(34-19)38-25-15-22(30)5-6-24(25)37(29(38)40)23-9-13-36(14-10-23)27(39)21-7-11-35(12-8-21)18-20-16-32-28(31)33-17-20/h2-6,15-17,21,23H,7-14,18H2,1H3,(H2,31,32,33). The Morgan fingerprint density at radius 2 is 1.73 bits per heavy atom. The molecule has 40 heavy (non-hydrogen) atoms. The van der Waals surface area contributed by atoms with Crippen LogP contribution in [-0.2, 0) is 11.3 Å². The van der Waals surface area contributed by atoms with Crippen molar-refractivity contribution in [1.29, 1.82) is 0 Å². The normalized spacial score (nSPS) is 17.5. The molecule has 208 valence electrons. The Morgan fingerprint density at radius 3 is 2.42 bits per heavy atom. The number of hydrogen-bond acceptors (Lipinski definition) is 7. The number of nitrogens with zero attached hydrogens (tertiary/aromatic N) is 7. The summed E-state index contributed by atoms with van der Waals surface area (Å²) in [5.74, 6) is 0.552. The van der Waals surface area contributed by atoms with Crippen LogP contribution in [0, 0.1) is 18.7 Å². The number of carbonyl (C=O) groups is 1. The van der Waals surface area contributed by atoms with Gasteiger partial charge in [0.05, 0.1) is 11.0 Å². The van der Waals surface area contributed by atoms with Crippen LogP contribution in [-0.4, -0.2) is 66.0 Å². The first-order valence-corrected chi connectivity index (χ1v) is 13.8. The molecule has 3 aromatic heterocycles. The van der Waals surface area contributed by atoms with Gasteiger partial charge in [0.1, 0.15) is 11.6 Å². The van der Waals surface area contributed by atoms with Gasteiger partial charge in [-0.05, 0) is 70.0 Å². The second-order valence-electron chi connectivity index (χ2n) is 10.8. The summed E-state index contributed by atoms with van der Waals surface area (Å²) in [6, 6.07) is 9.83. The smallest absolute Gasteiger partial charge is 0.335 e. The van der Waals surface area contributed by atoms with Gasteiger partial charge in [-0.3, -0.25) is 14.3 Å². The number of imidazole rings is 1. The number of carbonyl (C=O) groups excluding carboxylic acids is 1. The summed E-state index contributed by atoms with van der Waals surface area (Å²) >= 11 is 0. The van der Waals surface area contributed by atoms with Gasteiger partial charge in [0.2, 0.25) is 11.9 Å². The number of fused-ring (bicyclic) bond motifs is 1. The number of anilines is 1. The van der Waals surface area contributed by atoms with Crippen molar-refractivity contribution < 1.29 is 9.18 Å². The van der Waals surface area contributed by atoms with Crippen LogP contribution in [0.2, 0.25) is 0 Å². The zero-order valence-electron chi connectivity index (χ0n) is 22.5. The first kappa shape index (κ1) is 26.1. The molecule has 6 rings (SSSR count). The molecular formula is C29H33FN8O2. The number of pyridine rings is 1. The molecule has 5 heterocycles. The molecule has 0 saturated carbocycles. The molecule has 1 amide bonds. The number of rotatable bonds is 5. The van der Waals surface area contributed by atoms with Crippen LogP contribution in [0.5, 0.6) is 0 Å². The number of hydrogen-bond donors (Lipinski definition) is 1. The molecule has 10 nitrogen and oxygen atoms in total. The van der Waals surface area contributed by atoms with E-state index >= 15 is 0 Å². The SMILES string of the molecule is Cc1cccc(-n2c(=O)n(C3CCN(C(=O)C4CCN(Cc5cnc(N)nc5)CC4)CC3)c3ccc(F)cc32)n1. The van der Waals surface area contributed by atoms with Crippen molar-refractivity contribution in [2.24, 2.45) is 5.92 Å². The second kappa shape index (κ2) is 10.8. The van der Waals surface area contributed by atoms with Gasteiger partial charge < -0.3 is 10.6 Å². The first-order chi connectivity index (χ1) is 19.4. The Labute approximate surface area is 231 Å². The summed E-state index contributed by atoms with van der Waals surface area (Å²) in [7, 11) is 0. The summed E-state index contributed by atoms with van der Waals surface area (Å²) in [4.78, 5) is 44.0. The highest BCUT2D eigenvalue weighted by molar-refractivity contribution is 5.79. The third-order valence-electron chi connectivity index (χ3n) is 8.15. The number of benzene rings is 1. The molecule has 2 saturated heterocycles. The first-order valence-electron chi connectivity index (χ1n) is 13.8. The summed E-state index contributed by atoms with van der Waals surface area (Å²) in [6.45, 7) is 5.48. The van der Waals surface area contributed by atoms with Crippen LogP contribution in [0.3, 0.4) is 0 Å². The van der Waals surface area contributed by atoms with Crippen molar-refractivity contribution in [1.82, 2.24) is 33.9 Å². The van der Waals surface area contributed by atoms with Crippen LogP contribution in [0.4, 0.5) is 10.3 Å². The lowest BCUT2D eigenvalue weighted by molar-refractivity contribution is -0.138. The Bertz CT molecular complexity index is 1580. The van der Waals surface area contributed by atoms with Gasteiger partial charge in [-0.25, -0.2) is 28.7 Å². The van der Waals surface area contributed by atoms with Gasteiger partial charge in [0.25, 0.3) is 0 Å². The van der Waals surface area contributed by atoms with Gasteiger partial charge in [-0.2, -0.15) is 0 Å². The van der Waals surface area contributed by atoms with E-state index in [-0.39, 0.29) is 29.5 Å². The van der Waals surface area contributed by atoms with Crippen LogP contribution in [0.1, 0.15) is 43.0 Å². The quantitative estimate of drug-likeness (QED) is 0.411. The number of halogens is 1. The number of piperidine rings is 2. The monoisotopic (exact) mass is 544 g/mol. The molecule has 0 aliphatic carbocycles. The molecule has 2 aliphatic rings. The van der Waals surface area contributed by atoms with Crippen molar-refractivity contribution in [2.75, 3.05) is 31.9 Å². The number of aromatic nitrogens is 5. The molecule has 0 bridgehead atoms. The topological polar surface area (TPSA) is 115 Å². The van der Waals surface area contributed by atoms with E-state index in [0.717, 1.165) is 43.7 Å². The maximum Gasteiger partial charge on any atom is 0.335 e. The minimum atomic E-state index is -0.403. The van der Waals surface area contributed by atoms with Gasteiger partial charge in [0.15, 0.2) is 0 Å². The van der Waals surface area contributed by atoms with Gasteiger partial charge in [0, 0.05) is 61.3 Å². The fourth-order valence-electron chi connectivity index (χ4n) is 6.07. The van der Waals surface area contributed by atoms with E-state index in [4.69, 9.17) is 5.73 Å². The second-order valence-corrected chi connectivity index (χ2v) is 10.8. The minimum Gasteiger partial charge on any atom is -0.368 e. The lowest BCUT2D eigenvalue weighted by Gasteiger charge is -2.37. The predicted molar refractivity (Wildman–Crippen MR) is 149 cm³/mol. The molecule has 0 atom stereocenters. The largest absolute Gasteiger partial charge is 0.368 e. The van der Waals surface area contributed by atoms with Crippen LogP contribution < -0.4 is 11.4 Å². The lowest BCUT2D eigenvalue weighted by Crippen LogP contribution is -2.46. The third-order valence-corrected chi connectivity index (χ3v) is 8.15. The Morgan fingerprint density at radius 1 is 1.00 bits per heavy atom. The summed E-state index contributed by atoms with van der Waals surface area (Å²) in [5, 5.41) is 0. The predicted octanol–water partition coefficient (Wildman–Crippen LogP) is 3.08. The van der Waals surface area contributed by atoms with Crippen LogP contribution in [0.25, 0.3) is 16.9 Å². The molecule has 1 aromatic carbocycles. The van der Waals surface area contributed by atoms with Gasteiger partial charge >= 0.3 is 5.69 Å². The molecule has 0 unspecified atom stereocenters. The third kappa shape index (κ3) is 5.08. The highest BCUT2D eigenvalue weighted by atomic mass is 19.1. The summed E-state index contributed by atoms with van der Waals surface area (Å²) < 4.78 is 17.5. The maximum absolute atomic E-state index is 14.3. The molecule has 2 aliphatic heterocycles. The highest BCUT2D eigenvalue weighted by Crippen LogP contribution is 2.29. The Balaban J connectivity index is 1.13. The van der Waals surface area contributed by atoms with E-state index in [1.54, 1.807) is 29.1 Å². The average Bonchev–Trinajstić information content (AvgIpc) is 3.25. The summed E-state index contributed by atoms with van der Waals surface area (Å²) in [6.07, 6.45) is 6.46. The molecule has 2 N–H and O–H groups in total. The fraction of sp³-hybridized carbons (Fsp3) is 0.414. The van der Waals surface area contributed by atoms with Crippen molar-refractivity contribution in [2.45, 2.75) is 45.2 Å². The fourth-order valence-corrected chi connectivity index (χ4v) is 6.07. The number of amides is 1. The molecular weight excluding hydrogens is 511 g/mol. The Hall–Kier alpha value is -4.12. The molecule has 4 aromatic rings. The molecule has 0 spiro atoms. The van der Waals surface area contributed by atoms with Crippen molar-refractivity contribution >= 4 is 22.9 Å². The number of likely N-dealkylation sites (tertiary alicyclic amines) is 2. The van der Waals surface area contributed by atoms with E-state index in [1.807, 2.05) is 24.0 Å². The maximum atomic E-state index is 14.3. The van der Waals surface area contributed by atoms with Crippen molar-refractivity contribution in [3.8, 4) is 5.82 Å². The van der Waals surface area contributed by atoms with E-state index in [9.17, 15) is 14.0 Å². The lowest BCUT2D eigenvalue weighted by atomic mass is 9.93. The van der Waals surface area contributed by atoms with E-state index in [2.05, 4.69) is 19.9 Å². The zero-order chi connectivity index (χ0) is 27.8. The van der Waals surface area contributed by atoms with E-state index < -0.39 is 5.82 Å². The van der Waals surface area contributed by atoms with E-state index in [0.29, 0.717) is 42.8 Å². The number of nitrogen functional groups attached to an aromatic ring is 1. The molecule has 2 fully saturated rings. The van der Waals surface area contributed by atoms with Crippen molar-refractivity contribution in [3.05, 3.63) is 76.4 Å².